The van der Waals surface area contributed by atoms with Crippen molar-refractivity contribution >= 4 is 5.97 Å². The molecule has 0 fully saturated rings. The summed E-state index contributed by atoms with van der Waals surface area (Å²) in [6, 6.07) is 2.11. The van der Waals surface area contributed by atoms with Crippen LogP contribution in [0.2, 0.25) is 0 Å². The van der Waals surface area contributed by atoms with Crippen LogP contribution in [0, 0.1) is 17.2 Å². The maximum atomic E-state index is 11.4. The third-order valence-corrected chi connectivity index (χ3v) is 2.14. The minimum absolute atomic E-state index is 0.349. The van der Waals surface area contributed by atoms with Gasteiger partial charge in [-0.15, -0.1) is 0 Å². The summed E-state index contributed by atoms with van der Waals surface area (Å²) in [5.74, 6) is 0.141. The van der Waals surface area contributed by atoms with Crippen molar-refractivity contribution in [2.75, 3.05) is 26.2 Å². The van der Waals surface area contributed by atoms with Gasteiger partial charge in [-0.25, -0.2) is 4.79 Å². The Kier molecular flexibility index (Phi) is 8.08. The summed E-state index contributed by atoms with van der Waals surface area (Å²) in [4.78, 5) is 13.5. The smallest absolute Gasteiger partial charge is 0.334 e. The van der Waals surface area contributed by atoms with E-state index >= 15 is 0 Å². The Balaban J connectivity index is 4.26. The number of hydrogen-bond acceptors (Lipinski definition) is 4. The fraction of sp³-hybridized carbons (Fsp3) is 0.692. The highest BCUT2D eigenvalue weighted by atomic mass is 16.5. The van der Waals surface area contributed by atoms with Crippen LogP contribution in [0.3, 0.4) is 0 Å². The minimum atomic E-state index is -0.349. The lowest BCUT2D eigenvalue weighted by molar-refractivity contribution is -0.138. The van der Waals surface area contributed by atoms with Gasteiger partial charge in [0.1, 0.15) is 0 Å². The number of ether oxygens (including phenoxy) is 1. The zero-order valence-electron chi connectivity index (χ0n) is 11.0. The highest BCUT2D eigenvalue weighted by Gasteiger charge is 2.14. The van der Waals surface area contributed by atoms with Crippen LogP contribution in [0.4, 0.5) is 0 Å². The van der Waals surface area contributed by atoms with Gasteiger partial charge in [-0.3, -0.25) is 4.90 Å². The number of esters is 1. The van der Waals surface area contributed by atoms with Gasteiger partial charge in [0.15, 0.2) is 0 Å². The molecule has 96 valence electrons. The lowest BCUT2D eigenvalue weighted by Crippen LogP contribution is -2.32. The van der Waals surface area contributed by atoms with Crippen LogP contribution in [0.15, 0.2) is 12.2 Å². The SMILES string of the molecule is C=C(CN(CCC#N)CC(C)C)C(=O)OCC. The summed E-state index contributed by atoms with van der Waals surface area (Å²) in [7, 11) is 0. The molecule has 4 heteroatoms. The van der Waals surface area contributed by atoms with Gasteiger partial charge in [-0.1, -0.05) is 20.4 Å². The van der Waals surface area contributed by atoms with Crippen molar-refractivity contribution in [1.29, 1.82) is 5.26 Å². The van der Waals surface area contributed by atoms with Gasteiger partial charge in [-0.05, 0) is 12.8 Å². The second-order valence-corrected chi connectivity index (χ2v) is 4.36. The summed E-state index contributed by atoms with van der Waals surface area (Å²) in [6.45, 7) is 12.0. The zero-order valence-corrected chi connectivity index (χ0v) is 11.0. The van der Waals surface area contributed by atoms with E-state index in [9.17, 15) is 4.79 Å². The van der Waals surface area contributed by atoms with Crippen LogP contribution < -0.4 is 0 Å². The molecule has 0 spiro atoms. The Bertz CT molecular complexity index is 292. The normalized spacial score (nSPS) is 10.4. The van der Waals surface area contributed by atoms with Crippen LogP contribution in [-0.4, -0.2) is 37.1 Å². The van der Waals surface area contributed by atoms with E-state index in [1.165, 1.54) is 0 Å². The first-order valence-electron chi connectivity index (χ1n) is 5.95. The molecule has 17 heavy (non-hydrogen) atoms. The largest absolute Gasteiger partial charge is 0.463 e. The van der Waals surface area contributed by atoms with E-state index in [2.05, 4.69) is 31.4 Å². The molecule has 0 aliphatic heterocycles. The monoisotopic (exact) mass is 238 g/mol. The Morgan fingerprint density at radius 3 is 2.65 bits per heavy atom. The number of hydrogen-bond donors (Lipinski definition) is 0. The van der Waals surface area contributed by atoms with Crippen LogP contribution in [0.1, 0.15) is 27.2 Å². The average molecular weight is 238 g/mol. The third kappa shape index (κ3) is 7.53. The van der Waals surface area contributed by atoms with E-state index in [4.69, 9.17) is 10.00 Å². The van der Waals surface area contributed by atoms with Gasteiger partial charge < -0.3 is 4.74 Å². The zero-order chi connectivity index (χ0) is 13.3. The number of nitriles is 1. The van der Waals surface area contributed by atoms with E-state index < -0.39 is 0 Å². The predicted octanol–water partition coefficient (Wildman–Crippen LogP) is 1.98. The molecule has 4 nitrogen and oxygen atoms in total. The maximum absolute atomic E-state index is 11.4. The first-order chi connectivity index (χ1) is 8.01. The van der Waals surface area contributed by atoms with Crippen molar-refractivity contribution in [3.63, 3.8) is 0 Å². The van der Waals surface area contributed by atoms with E-state index in [1.54, 1.807) is 6.92 Å². The van der Waals surface area contributed by atoms with Gasteiger partial charge in [0.2, 0.25) is 0 Å². The molecular weight excluding hydrogens is 216 g/mol. The number of carbonyl (C=O) groups is 1. The van der Waals surface area contributed by atoms with Gasteiger partial charge in [0.25, 0.3) is 0 Å². The van der Waals surface area contributed by atoms with E-state index in [0.717, 1.165) is 6.54 Å². The quantitative estimate of drug-likeness (QED) is 0.479. The van der Waals surface area contributed by atoms with Crippen molar-refractivity contribution in [3.8, 4) is 6.07 Å². The van der Waals surface area contributed by atoms with E-state index in [0.29, 0.717) is 37.6 Å². The van der Waals surface area contributed by atoms with Crippen molar-refractivity contribution in [2.24, 2.45) is 5.92 Å². The molecule has 0 aliphatic rings. The Morgan fingerprint density at radius 2 is 2.18 bits per heavy atom. The molecule has 0 aromatic heterocycles. The minimum Gasteiger partial charge on any atom is -0.463 e. The molecule has 0 saturated heterocycles. The summed E-state index contributed by atoms with van der Waals surface area (Å²) in [5, 5.41) is 8.59. The van der Waals surface area contributed by atoms with Gasteiger partial charge in [-0.2, -0.15) is 5.26 Å². The second-order valence-electron chi connectivity index (χ2n) is 4.36. The first-order valence-corrected chi connectivity index (χ1v) is 5.95. The van der Waals surface area contributed by atoms with E-state index in [1.807, 2.05) is 0 Å². The number of nitrogens with zero attached hydrogens (tertiary/aromatic N) is 2. The fourth-order valence-electron chi connectivity index (χ4n) is 1.53. The van der Waals surface area contributed by atoms with Crippen LogP contribution in [0.5, 0.6) is 0 Å². The molecule has 0 saturated carbocycles. The van der Waals surface area contributed by atoms with Gasteiger partial charge in [0.05, 0.1) is 12.7 Å². The van der Waals surface area contributed by atoms with Crippen molar-refractivity contribution in [3.05, 3.63) is 12.2 Å². The molecule has 0 aromatic rings. The number of rotatable bonds is 8. The van der Waals surface area contributed by atoms with Crippen LogP contribution in [0.25, 0.3) is 0 Å². The molecule has 0 aliphatic carbocycles. The second kappa shape index (κ2) is 8.77. The maximum Gasteiger partial charge on any atom is 0.334 e. The molecule has 0 bridgehead atoms. The fourth-order valence-corrected chi connectivity index (χ4v) is 1.53. The van der Waals surface area contributed by atoms with Crippen molar-refractivity contribution in [1.82, 2.24) is 4.90 Å². The van der Waals surface area contributed by atoms with Crippen LogP contribution >= 0.6 is 0 Å². The van der Waals surface area contributed by atoms with Crippen LogP contribution in [-0.2, 0) is 9.53 Å². The molecule has 0 unspecified atom stereocenters. The molecule has 0 amide bonds. The molecule has 0 radical (unpaired) electrons. The Morgan fingerprint density at radius 1 is 1.53 bits per heavy atom. The highest BCUT2D eigenvalue weighted by molar-refractivity contribution is 5.88. The first kappa shape index (κ1) is 15.7. The highest BCUT2D eigenvalue weighted by Crippen LogP contribution is 2.05. The summed E-state index contributed by atoms with van der Waals surface area (Å²) in [6.07, 6.45) is 0.461. The topological polar surface area (TPSA) is 53.3 Å². The molecule has 0 heterocycles. The van der Waals surface area contributed by atoms with Crippen molar-refractivity contribution < 1.29 is 9.53 Å². The van der Waals surface area contributed by atoms with Gasteiger partial charge in [0, 0.05) is 31.6 Å². The summed E-state index contributed by atoms with van der Waals surface area (Å²) >= 11 is 0. The average Bonchev–Trinajstić information content (AvgIpc) is 2.25. The summed E-state index contributed by atoms with van der Waals surface area (Å²) in [5.41, 5.74) is 0.449. The molecule has 0 atom stereocenters. The van der Waals surface area contributed by atoms with Crippen molar-refractivity contribution in [2.45, 2.75) is 27.2 Å². The molecule has 0 N–H and O–H groups in total. The lowest BCUT2D eigenvalue weighted by atomic mass is 10.2. The summed E-state index contributed by atoms with van der Waals surface area (Å²) < 4.78 is 4.88. The van der Waals surface area contributed by atoms with E-state index in [-0.39, 0.29) is 5.97 Å². The standard InChI is InChI=1S/C13H22N2O2/c1-5-17-13(16)12(4)10-15(8-6-7-14)9-11(2)3/h11H,4-6,8-10H2,1-3H3. The Hall–Kier alpha value is -1.34. The molecular formula is C13H22N2O2. The predicted molar refractivity (Wildman–Crippen MR) is 67.3 cm³/mol. The number of carbonyl (C=O) groups excluding carboxylic acids is 1. The third-order valence-electron chi connectivity index (χ3n) is 2.14. The molecule has 0 aromatic carbocycles. The molecule has 0 rings (SSSR count). The lowest BCUT2D eigenvalue weighted by Gasteiger charge is -2.23. The van der Waals surface area contributed by atoms with Gasteiger partial charge >= 0.3 is 5.97 Å². The Labute approximate surface area is 104 Å².